The zero-order valence-electron chi connectivity index (χ0n) is 26.1. The highest BCUT2D eigenvalue weighted by atomic mass is 16.5. The lowest BCUT2D eigenvalue weighted by atomic mass is 10.0. The molecule has 0 saturated carbocycles. The number of hydrogen-bond donors (Lipinski definition) is 2. The number of para-hydroxylation sites is 1. The molecule has 9 nitrogen and oxygen atoms in total. The first-order valence-corrected chi connectivity index (χ1v) is 15.1. The molecule has 3 aromatic heterocycles. The van der Waals surface area contributed by atoms with E-state index < -0.39 is 11.9 Å². The van der Waals surface area contributed by atoms with Gasteiger partial charge >= 0.3 is 0 Å². The van der Waals surface area contributed by atoms with Gasteiger partial charge in [0.25, 0.3) is 11.5 Å². The van der Waals surface area contributed by atoms with Gasteiger partial charge in [0.15, 0.2) is 11.5 Å². The maximum atomic E-state index is 14.3. The monoisotopic (exact) mass is 620 g/mol. The van der Waals surface area contributed by atoms with Crippen molar-refractivity contribution in [1.82, 2.24) is 24.8 Å². The number of pyridine rings is 2. The van der Waals surface area contributed by atoms with E-state index in [-0.39, 0.29) is 23.2 Å². The molecule has 6 aromatic rings. The summed E-state index contributed by atoms with van der Waals surface area (Å²) in [5, 5.41) is 4.17. The van der Waals surface area contributed by atoms with Gasteiger partial charge in [0.05, 0.1) is 29.4 Å². The van der Waals surface area contributed by atoms with Crippen molar-refractivity contribution in [1.29, 1.82) is 0 Å². The smallest absolute Gasteiger partial charge is 0.274 e. The fourth-order valence-electron chi connectivity index (χ4n) is 5.24. The zero-order chi connectivity index (χ0) is 32.9. The van der Waals surface area contributed by atoms with Crippen molar-refractivity contribution in [3.05, 3.63) is 142 Å². The molecule has 3 aromatic carbocycles. The van der Waals surface area contributed by atoms with E-state index in [1.54, 1.807) is 17.0 Å². The summed E-state index contributed by atoms with van der Waals surface area (Å²) in [5.41, 5.74) is 9.73. The van der Waals surface area contributed by atoms with Gasteiger partial charge in [-0.05, 0) is 86.8 Å². The molecule has 3 N–H and O–H groups in total. The third-order valence-electron chi connectivity index (χ3n) is 7.44. The molecule has 0 aliphatic carbocycles. The molecular formula is C38H32N6O3. The molecule has 47 heavy (non-hydrogen) atoms. The Morgan fingerprint density at radius 1 is 0.915 bits per heavy atom. The molecule has 0 aliphatic rings. The van der Waals surface area contributed by atoms with E-state index in [0.717, 1.165) is 16.9 Å². The zero-order valence-corrected chi connectivity index (χ0v) is 26.1. The number of amides is 1. The lowest BCUT2D eigenvalue weighted by Crippen LogP contribution is -2.33. The Bertz CT molecular complexity index is 2190. The summed E-state index contributed by atoms with van der Waals surface area (Å²) in [6.45, 7) is 5.73. The number of carbonyl (C=O) groups is 1. The first kappa shape index (κ1) is 30.7. The van der Waals surface area contributed by atoms with Crippen molar-refractivity contribution in [3.8, 4) is 34.5 Å². The van der Waals surface area contributed by atoms with Crippen LogP contribution in [0.2, 0.25) is 0 Å². The summed E-state index contributed by atoms with van der Waals surface area (Å²) >= 11 is 0. The van der Waals surface area contributed by atoms with Gasteiger partial charge in [0.1, 0.15) is 5.75 Å². The van der Waals surface area contributed by atoms with E-state index >= 15 is 0 Å². The summed E-state index contributed by atoms with van der Waals surface area (Å²) < 4.78 is 7.34. The molecule has 0 spiro atoms. The fourth-order valence-corrected chi connectivity index (χ4v) is 5.24. The highest BCUT2D eigenvalue weighted by molar-refractivity contribution is 5.97. The van der Waals surface area contributed by atoms with Crippen LogP contribution in [0.25, 0.3) is 27.7 Å². The van der Waals surface area contributed by atoms with E-state index in [9.17, 15) is 9.59 Å². The topological polar surface area (TPSA) is 125 Å². The largest absolute Gasteiger partial charge is 0.491 e. The van der Waals surface area contributed by atoms with E-state index in [1.807, 2.05) is 112 Å². The van der Waals surface area contributed by atoms with Crippen LogP contribution in [0.5, 0.6) is 5.75 Å². The summed E-state index contributed by atoms with van der Waals surface area (Å²) in [6.07, 6.45) is 4.92. The quantitative estimate of drug-likeness (QED) is 0.207. The highest BCUT2D eigenvalue weighted by Crippen LogP contribution is 2.25. The second kappa shape index (κ2) is 13.4. The van der Waals surface area contributed by atoms with Crippen molar-refractivity contribution >= 4 is 22.5 Å². The maximum Gasteiger partial charge on any atom is 0.274 e. The molecular weight excluding hydrogens is 588 g/mol. The van der Waals surface area contributed by atoms with Crippen LogP contribution in [-0.4, -0.2) is 31.5 Å². The molecule has 1 amide bonds. The minimum Gasteiger partial charge on any atom is -0.491 e. The number of carbonyl (C=O) groups excluding carboxylic acids is 1. The predicted octanol–water partition coefficient (Wildman–Crippen LogP) is 6.10. The lowest BCUT2D eigenvalue weighted by Gasteiger charge is -2.21. The number of fused-ring (bicyclic) bond motifs is 1. The number of benzene rings is 3. The lowest BCUT2D eigenvalue weighted by molar-refractivity contribution is 0.0934. The van der Waals surface area contributed by atoms with Crippen LogP contribution >= 0.6 is 0 Å². The number of hydrogen-bond acceptors (Lipinski definition) is 7. The predicted molar refractivity (Wildman–Crippen MR) is 183 cm³/mol. The van der Waals surface area contributed by atoms with Gasteiger partial charge in [-0.15, -0.1) is 0 Å². The minimum absolute atomic E-state index is 0.00501. The average Bonchev–Trinajstić information content (AvgIpc) is 3.08. The number of ether oxygens (including phenoxy) is 1. The van der Waals surface area contributed by atoms with Crippen LogP contribution in [0.1, 0.15) is 54.1 Å². The van der Waals surface area contributed by atoms with Crippen molar-refractivity contribution in [2.75, 3.05) is 5.73 Å². The van der Waals surface area contributed by atoms with E-state index in [1.165, 1.54) is 6.20 Å². The molecule has 9 heteroatoms. The van der Waals surface area contributed by atoms with E-state index in [4.69, 9.17) is 10.5 Å². The van der Waals surface area contributed by atoms with Gasteiger partial charge in [0, 0.05) is 40.5 Å². The summed E-state index contributed by atoms with van der Waals surface area (Å²) in [4.78, 5) is 40.8. The third-order valence-corrected chi connectivity index (χ3v) is 7.44. The van der Waals surface area contributed by atoms with Crippen LogP contribution in [0, 0.1) is 11.8 Å². The number of nitrogens with one attached hydrogen (secondary N) is 1. The van der Waals surface area contributed by atoms with E-state index in [0.29, 0.717) is 33.4 Å². The van der Waals surface area contributed by atoms with E-state index in [2.05, 4.69) is 32.1 Å². The van der Waals surface area contributed by atoms with Crippen LogP contribution in [0.4, 0.5) is 5.82 Å². The maximum absolute atomic E-state index is 14.3. The van der Waals surface area contributed by atoms with Crippen molar-refractivity contribution in [2.45, 2.75) is 32.9 Å². The third kappa shape index (κ3) is 6.72. The van der Waals surface area contributed by atoms with Crippen LogP contribution in [0.15, 0.2) is 114 Å². The van der Waals surface area contributed by atoms with Crippen molar-refractivity contribution < 1.29 is 9.53 Å². The Morgan fingerprint density at radius 3 is 2.38 bits per heavy atom. The van der Waals surface area contributed by atoms with Gasteiger partial charge in [-0.3, -0.25) is 19.1 Å². The second-order valence-corrected chi connectivity index (χ2v) is 11.2. The fraction of sp³-hybridized carbons (Fsp3) is 0.132. The van der Waals surface area contributed by atoms with Crippen molar-refractivity contribution in [3.63, 3.8) is 0 Å². The highest BCUT2D eigenvalue weighted by Gasteiger charge is 2.22. The number of rotatable bonds is 7. The first-order chi connectivity index (χ1) is 22.8. The molecule has 3 heterocycles. The normalized spacial score (nSPS) is 11.5. The Balaban J connectivity index is 1.37. The first-order valence-electron chi connectivity index (χ1n) is 15.1. The Labute approximate surface area is 272 Å². The molecule has 0 fully saturated rings. The molecule has 0 radical (unpaired) electrons. The number of nitrogens with zero attached hydrogens (tertiary/aromatic N) is 4. The number of aromatic nitrogens is 4. The minimum atomic E-state index is -0.622. The molecule has 0 saturated heterocycles. The summed E-state index contributed by atoms with van der Waals surface area (Å²) in [5.74, 6) is 6.50. The van der Waals surface area contributed by atoms with Crippen molar-refractivity contribution in [2.24, 2.45) is 0 Å². The Morgan fingerprint density at radius 2 is 1.66 bits per heavy atom. The standard InChI is InChI=1S/C38H32N6O3/c1-24(2)47-31-16-14-27(15-17-31)32-23-41-36(39)35(43-32)37(45)42-25(3)33-22-29-9-7-8-28(13-12-26-18-20-40-21-19-26)34(29)38(46)44(33)30-10-5-4-6-11-30/h4-11,14-25H,1-3H3,(H2,39,41)(H,42,45)/t25-/m0/s1. The molecule has 0 unspecified atom stereocenters. The van der Waals surface area contributed by atoms with Gasteiger partial charge in [-0.25, -0.2) is 9.97 Å². The Hall–Kier alpha value is -6.27. The number of nitrogen functional groups attached to an aromatic ring is 1. The molecule has 0 aliphatic heterocycles. The number of anilines is 1. The van der Waals surface area contributed by atoms with Gasteiger partial charge in [0.2, 0.25) is 0 Å². The summed E-state index contributed by atoms with van der Waals surface area (Å²) in [6, 6.07) is 27.1. The van der Waals surface area contributed by atoms with Crippen LogP contribution < -0.4 is 21.3 Å². The van der Waals surface area contributed by atoms with Crippen LogP contribution in [-0.2, 0) is 0 Å². The van der Waals surface area contributed by atoms with Crippen LogP contribution in [0.3, 0.4) is 0 Å². The second-order valence-electron chi connectivity index (χ2n) is 11.2. The SMILES string of the molecule is CC(C)Oc1ccc(-c2cnc(N)c(C(=O)N[C@@H](C)c3cc4cccc(C#Cc5ccncc5)c4c(=O)n3-c3ccccc3)n2)cc1. The average molecular weight is 621 g/mol. The number of nitrogens with two attached hydrogens (primary N) is 1. The molecule has 0 bridgehead atoms. The summed E-state index contributed by atoms with van der Waals surface area (Å²) in [7, 11) is 0. The van der Waals surface area contributed by atoms with Gasteiger partial charge < -0.3 is 15.8 Å². The molecule has 1 atom stereocenters. The Kier molecular flexibility index (Phi) is 8.75. The van der Waals surface area contributed by atoms with Gasteiger partial charge in [-0.1, -0.05) is 42.2 Å². The molecule has 6 rings (SSSR count). The molecule has 232 valence electrons. The van der Waals surface area contributed by atoms with Gasteiger partial charge in [-0.2, -0.15) is 0 Å².